The molecule has 0 aromatic heterocycles. The van der Waals surface area contributed by atoms with Gasteiger partial charge in [0.1, 0.15) is 0 Å². The van der Waals surface area contributed by atoms with Crippen LogP contribution in [-0.4, -0.2) is 17.5 Å². The molecule has 1 saturated heterocycles. The molecule has 0 bridgehead atoms. The van der Waals surface area contributed by atoms with E-state index in [1.807, 2.05) is 24.3 Å². The highest BCUT2D eigenvalue weighted by Crippen LogP contribution is 2.48. The normalized spacial score (nSPS) is 32.9. The van der Waals surface area contributed by atoms with Gasteiger partial charge in [0.25, 0.3) is 0 Å². The molecule has 2 nitrogen and oxygen atoms in total. The van der Waals surface area contributed by atoms with Crippen LogP contribution in [0.15, 0.2) is 24.3 Å². The molecule has 1 spiro atoms. The van der Waals surface area contributed by atoms with Gasteiger partial charge in [-0.3, -0.25) is 4.79 Å². The van der Waals surface area contributed by atoms with Gasteiger partial charge in [-0.1, -0.05) is 31.2 Å². The van der Waals surface area contributed by atoms with Gasteiger partial charge in [0.2, 0.25) is 0 Å². The number of benzene rings is 1. The Morgan fingerprint density at radius 3 is 3.00 bits per heavy atom. The number of rotatable bonds is 1. The van der Waals surface area contributed by atoms with Crippen LogP contribution in [-0.2, 0) is 11.2 Å². The van der Waals surface area contributed by atoms with E-state index in [9.17, 15) is 4.79 Å². The van der Waals surface area contributed by atoms with Crippen molar-refractivity contribution in [3.63, 3.8) is 0 Å². The van der Waals surface area contributed by atoms with Gasteiger partial charge < -0.3 is 4.74 Å². The summed E-state index contributed by atoms with van der Waals surface area (Å²) in [6.07, 6.45) is 2.94. The van der Waals surface area contributed by atoms with Crippen molar-refractivity contribution in [2.45, 2.75) is 37.9 Å². The van der Waals surface area contributed by atoms with E-state index in [4.69, 9.17) is 4.74 Å². The summed E-state index contributed by atoms with van der Waals surface area (Å²) in [5.41, 5.74) is 1.61. The van der Waals surface area contributed by atoms with Gasteiger partial charge in [-0.2, -0.15) is 0 Å². The first kappa shape index (κ1) is 9.10. The van der Waals surface area contributed by atoms with Crippen molar-refractivity contribution in [3.05, 3.63) is 35.4 Å². The zero-order valence-electron chi connectivity index (χ0n) is 8.82. The number of fused-ring (bicyclic) bond motifs is 1. The van der Waals surface area contributed by atoms with E-state index in [-0.39, 0.29) is 11.9 Å². The molecule has 0 unspecified atom stereocenters. The molecule has 2 atom stereocenters. The smallest absolute Gasteiger partial charge is 0.197 e. The van der Waals surface area contributed by atoms with Crippen LogP contribution in [0.1, 0.15) is 35.7 Å². The van der Waals surface area contributed by atoms with Crippen LogP contribution in [0.25, 0.3) is 0 Å². The third-order valence-corrected chi connectivity index (χ3v) is 3.60. The number of carbonyl (C=O) groups excluding carboxylic acids is 1. The van der Waals surface area contributed by atoms with Gasteiger partial charge in [0.05, 0.1) is 6.10 Å². The monoisotopic (exact) mass is 202 g/mol. The zero-order valence-corrected chi connectivity index (χ0v) is 8.82. The minimum absolute atomic E-state index is 0.165. The van der Waals surface area contributed by atoms with Crippen molar-refractivity contribution >= 4 is 5.78 Å². The molecule has 1 aliphatic heterocycles. The van der Waals surface area contributed by atoms with E-state index in [0.717, 1.165) is 24.8 Å². The summed E-state index contributed by atoms with van der Waals surface area (Å²) in [6, 6.07) is 7.89. The summed E-state index contributed by atoms with van der Waals surface area (Å²) in [7, 11) is 0. The molecule has 0 radical (unpaired) electrons. The Balaban J connectivity index is 2.01. The molecule has 1 aromatic carbocycles. The lowest BCUT2D eigenvalue weighted by Gasteiger charge is -2.20. The maximum atomic E-state index is 12.2. The molecule has 3 rings (SSSR count). The summed E-state index contributed by atoms with van der Waals surface area (Å²) < 4.78 is 5.61. The highest BCUT2D eigenvalue weighted by Gasteiger charge is 2.62. The second-order valence-corrected chi connectivity index (χ2v) is 4.39. The second kappa shape index (κ2) is 2.92. The third kappa shape index (κ3) is 1.11. The molecule has 0 amide bonds. The van der Waals surface area contributed by atoms with Crippen molar-refractivity contribution in [3.8, 4) is 0 Å². The molecular weight excluding hydrogens is 188 g/mol. The van der Waals surface area contributed by atoms with E-state index in [0.29, 0.717) is 0 Å². The molecule has 1 aliphatic carbocycles. The number of aryl methyl sites for hydroxylation is 1. The number of ether oxygens (including phenoxy) is 1. The lowest BCUT2D eigenvalue weighted by atomic mass is 9.80. The number of hydrogen-bond acceptors (Lipinski definition) is 2. The van der Waals surface area contributed by atoms with Crippen LogP contribution in [0.2, 0.25) is 0 Å². The van der Waals surface area contributed by atoms with Crippen LogP contribution >= 0.6 is 0 Å². The molecule has 0 saturated carbocycles. The molecule has 15 heavy (non-hydrogen) atoms. The third-order valence-electron chi connectivity index (χ3n) is 3.60. The summed E-state index contributed by atoms with van der Waals surface area (Å²) >= 11 is 0. The fourth-order valence-electron chi connectivity index (χ4n) is 2.67. The van der Waals surface area contributed by atoms with E-state index in [2.05, 4.69) is 6.92 Å². The average Bonchev–Trinajstić information content (AvgIpc) is 2.99. The standard InChI is InChI=1S/C13H14O2/c1-2-11-13(15-11)8-7-9-5-3-4-6-10(9)12(13)14/h3-6,11H,2,7-8H2,1H3/t11-,13+/m0/s1. The minimum Gasteiger partial charge on any atom is -0.357 e. The topological polar surface area (TPSA) is 29.6 Å². The largest absolute Gasteiger partial charge is 0.357 e. The Morgan fingerprint density at radius 2 is 2.27 bits per heavy atom. The Morgan fingerprint density at radius 1 is 1.47 bits per heavy atom. The molecule has 78 valence electrons. The van der Waals surface area contributed by atoms with Gasteiger partial charge in [-0.05, 0) is 24.8 Å². The van der Waals surface area contributed by atoms with E-state index in [1.165, 1.54) is 5.56 Å². The molecule has 0 N–H and O–H groups in total. The Labute approximate surface area is 89.2 Å². The predicted molar refractivity (Wildman–Crippen MR) is 57.0 cm³/mol. The van der Waals surface area contributed by atoms with Gasteiger partial charge in [-0.15, -0.1) is 0 Å². The first-order valence-electron chi connectivity index (χ1n) is 5.58. The summed E-state index contributed by atoms with van der Waals surface area (Å²) in [5.74, 6) is 0.205. The van der Waals surface area contributed by atoms with Crippen LogP contribution in [0.5, 0.6) is 0 Å². The highest BCUT2D eigenvalue weighted by atomic mass is 16.6. The lowest BCUT2D eigenvalue weighted by molar-refractivity contribution is 0.0850. The maximum absolute atomic E-state index is 12.2. The molecule has 1 fully saturated rings. The minimum atomic E-state index is -0.441. The van der Waals surface area contributed by atoms with Crippen LogP contribution < -0.4 is 0 Å². The maximum Gasteiger partial charge on any atom is 0.197 e. The van der Waals surface area contributed by atoms with Gasteiger partial charge in [-0.25, -0.2) is 0 Å². The van der Waals surface area contributed by atoms with Crippen LogP contribution in [0.3, 0.4) is 0 Å². The number of ketones is 1. The number of carbonyl (C=O) groups is 1. The highest BCUT2D eigenvalue weighted by molar-refractivity contribution is 6.06. The number of hydrogen-bond donors (Lipinski definition) is 0. The lowest BCUT2D eigenvalue weighted by Crippen LogP contribution is -2.33. The Bertz CT molecular complexity index is 424. The van der Waals surface area contributed by atoms with Crippen molar-refractivity contribution in [2.24, 2.45) is 0 Å². The van der Waals surface area contributed by atoms with E-state index in [1.54, 1.807) is 0 Å². The number of epoxide rings is 1. The van der Waals surface area contributed by atoms with Crippen molar-refractivity contribution in [1.82, 2.24) is 0 Å². The summed E-state index contributed by atoms with van der Waals surface area (Å²) in [4.78, 5) is 12.2. The second-order valence-electron chi connectivity index (χ2n) is 4.39. The van der Waals surface area contributed by atoms with Crippen LogP contribution in [0.4, 0.5) is 0 Å². The molecule has 1 aromatic rings. The van der Waals surface area contributed by atoms with Crippen molar-refractivity contribution < 1.29 is 9.53 Å². The Kier molecular flexibility index (Phi) is 1.77. The Hall–Kier alpha value is -1.15. The van der Waals surface area contributed by atoms with E-state index < -0.39 is 5.60 Å². The molecule has 2 heteroatoms. The SMILES string of the molecule is CC[C@@H]1O[C@]12CCc1ccccc1C2=O. The van der Waals surface area contributed by atoms with Gasteiger partial charge in [0.15, 0.2) is 11.4 Å². The molecule has 1 heterocycles. The van der Waals surface area contributed by atoms with Gasteiger partial charge in [0, 0.05) is 5.56 Å². The quantitative estimate of drug-likeness (QED) is 0.654. The average molecular weight is 202 g/mol. The van der Waals surface area contributed by atoms with Crippen molar-refractivity contribution in [2.75, 3.05) is 0 Å². The molecule has 2 aliphatic rings. The fourth-order valence-corrected chi connectivity index (χ4v) is 2.67. The summed E-state index contributed by atoms with van der Waals surface area (Å²) in [5, 5.41) is 0. The number of Topliss-reactive ketones (excluding diaryl/α,β-unsaturated/α-hetero) is 1. The predicted octanol–water partition coefficient (Wildman–Crippen LogP) is 2.36. The van der Waals surface area contributed by atoms with Gasteiger partial charge >= 0.3 is 0 Å². The van der Waals surface area contributed by atoms with Crippen molar-refractivity contribution in [1.29, 1.82) is 0 Å². The first-order valence-corrected chi connectivity index (χ1v) is 5.58. The fraction of sp³-hybridized carbons (Fsp3) is 0.462. The molecular formula is C13H14O2. The summed E-state index contributed by atoms with van der Waals surface area (Å²) in [6.45, 7) is 2.08. The first-order chi connectivity index (χ1) is 7.28. The zero-order chi connectivity index (χ0) is 10.5. The van der Waals surface area contributed by atoms with E-state index >= 15 is 0 Å². The van der Waals surface area contributed by atoms with Crippen LogP contribution in [0, 0.1) is 0 Å².